The molecule has 0 unspecified atom stereocenters. The molecule has 0 amide bonds. The Morgan fingerprint density at radius 3 is 1.20 bits per heavy atom. The van der Waals surface area contributed by atoms with Gasteiger partial charge in [0, 0.05) is 10.8 Å². The third kappa shape index (κ3) is 12.4. The number of hydrogen-bond donors (Lipinski definition) is 2. The van der Waals surface area contributed by atoms with Gasteiger partial charge in [-0.25, -0.2) is 0 Å². The van der Waals surface area contributed by atoms with Crippen LogP contribution in [0, 0.1) is 6.92 Å². The average molecular weight is 941 g/mol. The van der Waals surface area contributed by atoms with E-state index in [1.165, 1.54) is 35.4 Å². The first-order chi connectivity index (χ1) is 33.3. The molecule has 2 heterocycles. The van der Waals surface area contributed by atoms with Crippen molar-refractivity contribution < 1.29 is 35.8 Å². The molecule has 0 aromatic heterocycles. The van der Waals surface area contributed by atoms with Gasteiger partial charge in [0.2, 0.25) is 0 Å². The van der Waals surface area contributed by atoms with Crippen molar-refractivity contribution in [2.45, 2.75) is 69.0 Å². The zero-order chi connectivity index (χ0) is 48.3. The molecule has 7 aromatic rings. The van der Waals surface area contributed by atoms with Crippen molar-refractivity contribution in [3.05, 3.63) is 215 Å². The summed E-state index contributed by atoms with van der Waals surface area (Å²) in [5.74, 6) is 0. The predicted molar refractivity (Wildman–Crippen MR) is 264 cm³/mol. The molecule has 0 atom stereocenters. The highest BCUT2D eigenvalue weighted by Gasteiger charge is 2.37. The topological polar surface area (TPSA) is 42.5 Å². The molecule has 10 heteroatoms. The summed E-state index contributed by atoms with van der Waals surface area (Å²) < 4.78 is 94.9. The Morgan fingerprint density at radius 2 is 0.783 bits per heavy atom. The number of alkyl halides is 6. The molecule has 2 saturated heterocycles. The van der Waals surface area contributed by atoms with Gasteiger partial charge in [0.15, 0.2) is 0 Å². The SMILES string of the molecule is Cc1ccccc1-c1cc(COCC2(c3ccccc3)CCNCC2)cc(C(F)(F)F)c1.FC(F)(F)c1cc(COCC2(c3ccccc3)CCNCC2)cc(-c2ccccc2-c2ccccc2)c1. The number of ether oxygens (including phenoxy) is 2. The molecule has 69 heavy (non-hydrogen) atoms. The summed E-state index contributed by atoms with van der Waals surface area (Å²) in [6.07, 6.45) is -5.13. The lowest BCUT2D eigenvalue weighted by molar-refractivity contribution is -0.138. The van der Waals surface area contributed by atoms with Gasteiger partial charge < -0.3 is 20.1 Å². The maximum Gasteiger partial charge on any atom is 0.416 e. The van der Waals surface area contributed by atoms with Gasteiger partial charge in [0.25, 0.3) is 0 Å². The van der Waals surface area contributed by atoms with Crippen molar-refractivity contribution in [2.24, 2.45) is 0 Å². The quantitative estimate of drug-likeness (QED) is 0.113. The van der Waals surface area contributed by atoms with Gasteiger partial charge in [0.05, 0.1) is 37.6 Å². The molecular weight excluding hydrogens is 883 g/mol. The lowest BCUT2D eigenvalue weighted by Gasteiger charge is -2.38. The molecule has 4 nitrogen and oxygen atoms in total. The molecule has 2 fully saturated rings. The minimum Gasteiger partial charge on any atom is -0.376 e. The first-order valence-electron chi connectivity index (χ1n) is 23.6. The van der Waals surface area contributed by atoms with Crippen LogP contribution in [0.25, 0.3) is 33.4 Å². The third-order valence-electron chi connectivity index (χ3n) is 13.6. The van der Waals surface area contributed by atoms with Crippen LogP contribution in [-0.2, 0) is 45.9 Å². The fourth-order valence-corrected chi connectivity index (χ4v) is 9.85. The Kier molecular flexibility index (Phi) is 15.9. The molecule has 0 bridgehead atoms. The Hall–Kier alpha value is -6.04. The molecule has 7 aromatic carbocycles. The van der Waals surface area contributed by atoms with Gasteiger partial charge in [-0.15, -0.1) is 0 Å². The second-order valence-corrected chi connectivity index (χ2v) is 18.3. The maximum absolute atomic E-state index is 13.9. The predicted octanol–water partition coefficient (Wildman–Crippen LogP) is 14.4. The van der Waals surface area contributed by atoms with E-state index in [9.17, 15) is 26.3 Å². The first kappa shape index (κ1) is 49.4. The van der Waals surface area contributed by atoms with E-state index in [2.05, 4.69) is 34.9 Å². The van der Waals surface area contributed by atoms with E-state index in [1.54, 1.807) is 0 Å². The van der Waals surface area contributed by atoms with Crippen LogP contribution in [0.3, 0.4) is 0 Å². The molecule has 2 aliphatic rings. The summed E-state index contributed by atoms with van der Waals surface area (Å²) >= 11 is 0. The molecule has 0 spiro atoms. The van der Waals surface area contributed by atoms with Gasteiger partial charge in [-0.1, -0.05) is 140 Å². The number of rotatable bonds is 13. The van der Waals surface area contributed by atoms with E-state index in [1.807, 2.05) is 134 Å². The molecule has 2 aliphatic heterocycles. The molecule has 0 radical (unpaired) electrons. The number of piperidine rings is 2. The highest BCUT2D eigenvalue weighted by molar-refractivity contribution is 5.84. The fraction of sp³-hybridized carbons (Fsp3) is 0.288. The van der Waals surface area contributed by atoms with E-state index in [0.29, 0.717) is 35.5 Å². The van der Waals surface area contributed by atoms with E-state index in [-0.39, 0.29) is 24.0 Å². The Bertz CT molecular complexity index is 2730. The van der Waals surface area contributed by atoms with E-state index < -0.39 is 23.5 Å². The molecular formula is C59H58F6N2O2. The minimum absolute atomic E-state index is 0.117. The number of benzene rings is 7. The molecule has 0 aliphatic carbocycles. The second kappa shape index (κ2) is 22.1. The van der Waals surface area contributed by atoms with Gasteiger partial charge in [-0.3, -0.25) is 0 Å². The normalized spacial score (nSPS) is 15.8. The van der Waals surface area contributed by atoms with E-state index >= 15 is 0 Å². The van der Waals surface area contributed by atoms with Gasteiger partial charge in [-0.2, -0.15) is 26.3 Å². The van der Waals surface area contributed by atoms with Gasteiger partial charge >= 0.3 is 12.4 Å². The Labute approximate surface area is 401 Å². The van der Waals surface area contributed by atoms with E-state index in [4.69, 9.17) is 9.47 Å². The summed E-state index contributed by atoms with van der Waals surface area (Å²) in [7, 11) is 0. The highest BCUT2D eigenvalue weighted by atomic mass is 19.4. The average Bonchev–Trinajstić information content (AvgIpc) is 3.37. The smallest absolute Gasteiger partial charge is 0.376 e. The van der Waals surface area contributed by atoms with Crippen molar-refractivity contribution in [2.75, 3.05) is 39.4 Å². The standard InChI is InChI=1S/C32H30F3NO.C27H28F3NO/c33-32(34,35)28-20-24(22-37-23-31(15-17-36-18-16-31)27-11-5-2-6-12-27)19-26(21-28)30-14-8-7-13-29(30)25-9-3-1-4-10-25;1-20-7-5-6-10-25(20)22-15-21(16-24(17-22)27(28,29)30)18-32-19-26(11-13-31-14-12-26)23-8-3-2-4-9-23/h1-14,19-21,36H,15-18,22-23H2;2-10,15-17,31H,11-14,18-19H2,1H3. The summed E-state index contributed by atoms with van der Waals surface area (Å²) in [5, 5.41) is 6.80. The van der Waals surface area contributed by atoms with Gasteiger partial charge in [-0.05, 0) is 156 Å². The third-order valence-corrected chi connectivity index (χ3v) is 13.6. The zero-order valence-electron chi connectivity index (χ0n) is 38.8. The van der Waals surface area contributed by atoms with Crippen molar-refractivity contribution >= 4 is 0 Å². The van der Waals surface area contributed by atoms with Crippen LogP contribution in [-0.4, -0.2) is 39.4 Å². The van der Waals surface area contributed by atoms with Crippen LogP contribution in [0.2, 0.25) is 0 Å². The zero-order valence-corrected chi connectivity index (χ0v) is 38.8. The summed E-state index contributed by atoms with van der Waals surface area (Å²) in [4.78, 5) is 0. The van der Waals surface area contributed by atoms with Crippen molar-refractivity contribution in [3.8, 4) is 33.4 Å². The fourth-order valence-electron chi connectivity index (χ4n) is 9.85. The van der Waals surface area contributed by atoms with E-state index in [0.717, 1.165) is 79.7 Å². The lowest BCUT2D eigenvalue weighted by Crippen LogP contribution is -2.43. The summed E-state index contributed by atoms with van der Waals surface area (Å²) in [6.45, 7) is 6.70. The van der Waals surface area contributed by atoms with Crippen LogP contribution in [0.1, 0.15) is 64.6 Å². The second-order valence-electron chi connectivity index (χ2n) is 18.3. The monoisotopic (exact) mass is 940 g/mol. The number of aryl methyl sites for hydroxylation is 1. The van der Waals surface area contributed by atoms with Crippen LogP contribution >= 0.6 is 0 Å². The first-order valence-corrected chi connectivity index (χ1v) is 23.6. The highest BCUT2D eigenvalue weighted by Crippen LogP contribution is 2.40. The van der Waals surface area contributed by atoms with Crippen LogP contribution < -0.4 is 10.6 Å². The number of halogens is 6. The minimum atomic E-state index is -4.45. The summed E-state index contributed by atoms with van der Waals surface area (Å²) in [6, 6.07) is 53.9. The molecule has 9 rings (SSSR count). The van der Waals surface area contributed by atoms with Crippen molar-refractivity contribution in [1.82, 2.24) is 10.6 Å². The molecule has 358 valence electrons. The lowest BCUT2D eigenvalue weighted by atomic mass is 9.74. The van der Waals surface area contributed by atoms with Gasteiger partial charge in [0.1, 0.15) is 0 Å². The maximum atomic E-state index is 13.9. The molecule has 0 saturated carbocycles. The number of hydrogen-bond acceptors (Lipinski definition) is 4. The Balaban J connectivity index is 0.000000188. The molecule has 2 N–H and O–H groups in total. The van der Waals surface area contributed by atoms with Crippen molar-refractivity contribution in [1.29, 1.82) is 0 Å². The van der Waals surface area contributed by atoms with Crippen LogP contribution in [0.4, 0.5) is 26.3 Å². The van der Waals surface area contributed by atoms with Crippen LogP contribution in [0.5, 0.6) is 0 Å². The largest absolute Gasteiger partial charge is 0.416 e. The van der Waals surface area contributed by atoms with Crippen molar-refractivity contribution in [3.63, 3.8) is 0 Å². The Morgan fingerprint density at radius 1 is 0.420 bits per heavy atom. The van der Waals surface area contributed by atoms with Crippen LogP contribution in [0.15, 0.2) is 176 Å². The summed E-state index contributed by atoms with van der Waals surface area (Å²) in [5.41, 5.74) is 7.41. The number of nitrogens with one attached hydrogen (secondary N) is 2.